The molecule has 2 amide bonds. The molecule has 27 heavy (non-hydrogen) atoms. The van der Waals surface area contributed by atoms with Gasteiger partial charge in [0.1, 0.15) is 0 Å². The number of carbonyl (C=O) groups is 1. The molecule has 2 aromatic carbocycles. The molecule has 0 unspecified atom stereocenters. The number of aromatic nitrogens is 1. The summed E-state index contributed by atoms with van der Waals surface area (Å²) in [5, 5.41) is 4.08. The molecule has 6 heteroatoms. The monoisotopic (exact) mass is 380 g/mol. The third-order valence-electron chi connectivity index (χ3n) is 5.00. The number of urea groups is 1. The number of anilines is 1. The molecule has 1 fully saturated rings. The average molecular weight is 381 g/mol. The lowest BCUT2D eigenvalue weighted by Crippen LogP contribution is -2.51. The van der Waals surface area contributed by atoms with Crippen LogP contribution < -0.4 is 10.2 Å². The van der Waals surface area contributed by atoms with Crippen LogP contribution in [0.3, 0.4) is 0 Å². The van der Waals surface area contributed by atoms with Gasteiger partial charge >= 0.3 is 6.03 Å². The number of thiazole rings is 1. The van der Waals surface area contributed by atoms with Crippen molar-refractivity contribution < 1.29 is 4.79 Å². The van der Waals surface area contributed by atoms with Crippen LogP contribution in [0, 0.1) is 0 Å². The largest absolute Gasteiger partial charge is 0.345 e. The van der Waals surface area contributed by atoms with E-state index in [4.69, 9.17) is 4.98 Å². The molecule has 4 rings (SSSR count). The lowest BCUT2D eigenvalue weighted by atomic mass is 10.1. The number of carbonyl (C=O) groups excluding carboxylic acids is 1. The van der Waals surface area contributed by atoms with Crippen molar-refractivity contribution in [1.82, 2.24) is 15.2 Å². The maximum atomic E-state index is 12.4. The van der Waals surface area contributed by atoms with Crippen LogP contribution in [0.5, 0.6) is 0 Å². The fourth-order valence-corrected chi connectivity index (χ4v) is 4.47. The van der Waals surface area contributed by atoms with E-state index in [0.29, 0.717) is 6.54 Å². The van der Waals surface area contributed by atoms with Crippen LogP contribution in [0.25, 0.3) is 10.2 Å². The van der Waals surface area contributed by atoms with Gasteiger partial charge in [-0.15, -0.1) is 0 Å². The summed E-state index contributed by atoms with van der Waals surface area (Å²) in [7, 11) is 0. The number of nitrogens with one attached hydrogen (secondary N) is 1. The van der Waals surface area contributed by atoms with Gasteiger partial charge in [0.25, 0.3) is 0 Å². The summed E-state index contributed by atoms with van der Waals surface area (Å²) in [4.78, 5) is 21.5. The fourth-order valence-electron chi connectivity index (χ4n) is 3.40. The molecule has 0 aliphatic carbocycles. The first-order chi connectivity index (χ1) is 13.2. The number of amides is 2. The Labute approximate surface area is 163 Å². The van der Waals surface area contributed by atoms with Gasteiger partial charge in [-0.3, -0.25) is 0 Å². The van der Waals surface area contributed by atoms with Crippen LogP contribution in [0.15, 0.2) is 48.5 Å². The molecule has 1 saturated heterocycles. The van der Waals surface area contributed by atoms with Crippen molar-refractivity contribution in [2.75, 3.05) is 31.1 Å². The summed E-state index contributed by atoms with van der Waals surface area (Å²) in [5.41, 5.74) is 3.54. The van der Waals surface area contributed by atoms with Gasteiger partial charge in [-0.1, -0.05) is 60.7 Å². The number of fused-ring (bicyclic) bond motifs is 1. The molecule has 0 bridgehead atoms. The molecule has 1 aliphatic heterocycles. The number of hydrogen-bond donors (Lipinski definition) is 1. The number of benzene rings is 2. The van der Waals surface area contributed by atoms with E-state index in [9.17, 15) is 4.79 Å². The van der Waals surface area contributed by atoms with Crippen molar-refractivity contribution in [1.29, 1.82) is 0 Å². The SMILES string of the molecule is CCc1cccc2sc(N3CCN(C(=O)NCc4ccccc4)CC3)nc12. The smallest absolute Gasteiger partial charge is 0.317 e. The van der Waals surface area contributed by atoms with Gasteiger partial charge < -0.3 is 15.1 Å². The molecular formula is C21H24N4OS. The molecule has 1 aliphatic rings. The second-order valence-corrected chi connectivity index (χ2v) is 7.74. The maximum absolute atomic E-state index is 12.4. The predicted octanol–water partition coefficient (Wildman–Crippen LogP) is 3.89. The lowest BCUT2D eigenvalue weighted by molar-refractivity contribution is 0.194. The van der Waals surface area contributed by atoms with E-state index in [-0.39, 0.29) is 6.03 Å². The van der Waals surface area contributed by atoms with E-state index in [1.165, 1.54) is 10.3 Å². The molecule has 1 aromatic heterocycles. The highest BCUT2D eigenvalue weighted by molar-refractivity contribution is 7.22. The highest BCUT2D eigenvalue weighted by atomic mass is 32.1. The Morgan fingerprint density at radius 1 is 1.07 bits per heavy atom. The van der Waals surface area contributed by atoms with E-state index in [0.717, 1.165) is 48.8 Å². The molecule has 0 radical (unpaired) electrons. The van der Waals surface area contributed by atoms with Gasteiger partial charge in [0.05, 0.1) is 10.2 Å². The second-order valence-electron chi connectivity index (χ2n) is 6.73. The first kappa shape index (κ1) is 17.8. The van der Waals surface area contributed by atoms with Gasteiger partial charge in [-0.25, -0.2) is 9.78 Å². The minimum Gasteiger partial charge on any atom is -0.345 e. The zero-order valence-corrected chi connectivity index (χ0v) is 16.3. The molecule has 5 nitrogen and oxygen atoms in total. The molecule has 2 heterocycles. The van der Waals surface area contributed by atoms with Gasteiger partial charge in [-0.2, -0.15) is 0 Å². The zero-order chi connectivity index (χ0) is 18.6. The van der Waals surface area contributed by atoms with Crippen molar-refractivity contribution in [2.24, 2.45) is 0 Å². The molecule has 140 valence electrons. The zero-order valence-electron chi connectivity index (χ0n) is 15.5. The standard InChI is InChI=1S/C21H24N4OS/c1-2-17-9-6-10-18-19(17)23-21(27-18)25-13-11-24(12-14-25)20(26)22-15-16-7-4-3-5-8-16/h3-10H,2,11-15H2,1H3,(H,22,26). The number of rotatable bonds is 4. The Morgan fingerprint density at radius 3 is 2.59 bits per heavy atom. The summed E-state index contributed by atoms with van der Waals surface area (Å²) < 4.78 is 1.24. The minimum atomic E-state index is 0.0103. The fraction of sp³-hybridized carbons (Fsp3) is 0.333. The number of piperazine rings is 1. The van der Waals surface area contributed by atoms with Crippen LogP contribution in [0.4, 0.5) is 9.93 Å². The Kier molecular flexibility index (Phi) is 5.25. The van der Waals surface area contributed by atoms with E-state index in [1.54, 1.807) is 11.3 Å². The third kappa shape index (κ3) is 3.90. The highest BCUT2D eigenvalue weighted by Crippen LogP contribution is 2.31. The van der Waals surface area contributed by atoms with Gasteiger partial charge in [-0.05, 0) is 23.6 Å². The molecular weight excluding hydrogens is 356 g/mol. The first-order valence-corrected chi connectivity index (χ1v) is 10.3. The summed E-state index contributed by atoms with van der Waals surface area (Å²) in [6, 6.07) is 16.4. The normalized spacial score (nSPS) is 14.6. The van der Waals surface area contributed by atoms with Gasteiger partial charge in [0.2, 0.25) is 0 Å². The first-order valence-electron chi connectivity index (χ1n) is 9.44. The Bertz CT molecular complexity index is 916. The van der Waals surface area contributed by atoms with Crippen molar-refractivity contribution in [3.05, 3.63) is 59.7 Å². The second kappa shape index (κ2) is 7.96. The van der Waals surface area contributed by atoms with Crippen LogP contribution in [-0.4, -0.2) is 42.1 Å². The Balaban J connectivity index is 1.35. The van der Waals surface area contributed by atoms with Crippen molar-refractivity contribution in [3.8, 4) is 0 Å². The number of para-hydroxylation sites is 1. The lowest BCUT2D eigenvalue weighted by Gasteiger charge is -2.34. The topological polar surface area (TPSA) is 48.5 Å². The van der Waals surface area contributed by atoms with E-state index < -0.39 is 0 Å². The average Bonchev–Trinajstić information content (AvgIpc) is 3.17. The molecule has 0 saturated carbocycles. The quantitative estimate of drug-likeness (QED) is 0.747. The van der Waals surface area contributed by atoms with E-state index in [1.807, 2.05) is 35.2 Å². The van der Waals surface area contributed by atoms with Gasteiger partial charge in [0.15, 0.2) is 5.13 Å². The van der Waals surface area contributed by atoms with Crippen LogP contribution in [0.2, 0.25) is 0 Å². The molecule has 3 aromatic rings. The predicted molar refractivity (Wildman–Crippen MR) is 111 cm³/mol. The highest BCUT2D eigenvalue weighted by Gasteiger charge is 2.23. The van der Waals surface area contributed by atoms with Crippen LogP contribution in [-0.2, 0) is 13.0 Å². The van der Waals surface area contributed by atoms with E-state index >= 15 is 0 Å². The summed E-state index contributed by atoms with van der Waals surface area (Å²) >= 11 is 1.75. The third-order valence-corrected chi connectivity index (χ3v) is 6.08. The Hall–Kier alpha value is -2.60. The molecule has 0 atom stereocenters. The van der Waals surface area contributed by atoms with Gasteiger partial charge in [0, 0.05) is 32.7 Å². The van der Waals surface area contributed by atoms with Crippen molar-refractivity contribution in [2.45, 2.75) is 19.9 Å². The van der Waals surface area contributed by atoms with Crippen molar-refractivity contribution in [3.63, 3.8) is 0 Å². The summed E-state index contributed by atoms with van der Waals surface area (Å²) in [6.45, 7) is 5.81. The molecule has 0 spiro atoms. The maximum Gasteiger partial charge on any atom is 0.317 e. The number of nitrogens with zero attached hydrogens (tertiary/aromatic N) is 3. The van der Waals surface area contributed by atoms with Crippen molar-refractivity contribution >= 4 is 32.7 Å². The summed E-state index contributed by atoms with van der Waals surface area (Å²) in [6.07, 6.45) is 0.996. The summed E-state index contributed by atoms with van der Waals surface area (Å²) in [5.74, 6) is 0. The van der Waals surface area contributed by atoms with E-state index in [2.05, 4.69) is 35.3 Å². The number of aryl methyl sites for hydroxylation is 1. The minimum absolute atomic E-state index is 0.0103. The number of hydrogen-bond acceptors (Lipinski definition) is 4. The van der Waals surface area contributed by atoms with Crippen LogP contribution >= 0.6 is 11.3 Å². The molecule has 1 N–H and O–H groups in total. The van der Waals surface area contributed by atoms with Crippen LogP contribution in [0.1, 0.15) is 18.1 Å². The Morgan fingerprint density at radius 2 is 1.85 bits per heavy atom.